The maximum Gasteiger partial charge on any atom is 0.523 e. The second-order valence-electron chi connectivity index (χ2n) is 6.05. The molecule has 1 aliphatic rings. The van der Waals surface area contributed by atoms with E-state index in [1.807, 2.05) is 0 Å². The van der Waals surface area contributed by atoms with Gasteiger partial charge in [0.1, 0.15) is 5.75 Å². The van der Waals surface area contributed by atoms with Crippen molar-refractivity contribution >= 4 is 31.2 Å². The van der Waals surface area contributed by atoms with Gasteiger partial charge in [-0.1, -0.05) is 34.6 Å². The molecule has 0 unspecified atom stereocenters. The summed E-state index contributed by atoms with van der Waals surface area (Å²) in [6.07, 6.45) is 1.22. The third-order valence-corrected chi connectivity index (χ3v) is 9.66. The van der Waals surface area contributed by atoms with Crippen molar-refractivity contribution < 1.29 is 34.7 Å². The van der Waals surface area contributed by atoms with Crippen LogP contribution in [0.5, 0.6) is 5.75 Å². The van der Waals surface area contributed by atoms with Gasteiger partial charge in [-0.3, -0.25) is 0 Å². The van der Waals surface area contributed by atoms with E-state index < -0.39 is 25.9 Å². The lowest BCUT2D eigenvalue weighted by Gasteiger charge is -2.35. The van der Waals surface area contributed by atoms with E-state index in [-0.39, 0.29) is 18.3 Å². The maximum atomic E-state index is 13.0. The molecule has 2 aromatic rings. The van der Waals surface area contributed by atoms with Crippen LogP contribution in [0.4, 0.5) is 13.2 Å². The van der Waals surface area contributed by atoms with E-state index in [2.05, 4.69) is 0 Å². The molecule has 0 bridgehead atoms. The minimum Gasteiger partial charge on any atom is -0.467 e. The third kappa shape index (κ3) is 3.89. The zero-order valence-electron chi connectivity index (χ0n) is 14.5. The molecular weight excluding hydrogens is 405 g/mol. The molecule has 5 nitrogen and oxygen atoms in total. The smallest absolute Gasteiger partial charge is 0.467 e. The van der Waals surface area contributed by atoms with Gasteiger partial charge >= 0.3 is 15.6 Å². The number of ether oxygens (including phenoxy) is 2. The zero-order valence-corrected chi connectivity index (χ0v) is 16.1. The number of hydrogen-bond donors (Lipinski definition) is 0. The maximum absolute atomic E-state index is 13.0. The van der Waals surface area contributed by atoms with Crippen LogP contribution in [0.25, 0.3) is 10.8 Å². The highest BCUT2D eigenvalue weighted by atomic mass is 32.3. The van der Waals surface area contributed by atoms with Crippen LogP contribution in [0.1, 0.15) is 12.8 Å². The van der Waals surface area contributed by atoms with Gasteiger partial charge in [-0.25, -0.2) is 3.63 Å². The average Bonchev–Trinajstić information content (AvgIpc) is 3.07. The van der Waals surface area contributed by atoms with E-state index in [0.717, 1.165) is 0 Å². The molecule has 3 rings (SSSR count). The van der Waals surface area contributed by atoms with Gasteiger partial charge in [0.25, 0.3) is 0 Å². The molecule has 0 spiro atoms. The summed E-state index contributed by atoms with van der Waals surface area (Å²) in [5.74, 6) is 1.04. The van der Waals surface area contributed by atoms with Crippen molar-refractivity contribution in [3.8, 4) is 5.75 Å². The SMILES string of the molecule is COCOc1ccc(S2(OS(=O)(=O)C(F)(F)F)CCCC2)c2ccccc12. The van der Waals surface area contributed by atoms with Crippen molar-refractivity contribution in [2.75, 3.05) is 25.4 Å². The van der Waals surface area contributed by atoms with E-state index in [9.17, 15) is 21.6 Å². The fourth-order valence-corrected chi connectivity index (χ4v) is 8.52. The van der Waals surface area contributed by atoms with Crippen molar-refractivity contribution in [1.29, 1.82) is 0 Å². The van der Waals surface area contributed by atoms with Gasteiger partial charge in [0.15, 0.2) is 6.79 Å². The first-order chi connectivity index (χ1) is 12.7. The first kappa shape index (κ1) is 20.2. The summed E-state index contributed by atoms with van der Waals surface area (Å²) in [4.78, 5) is 0.494. The van der Waals surface area contributed by atoms with Gasteiger partial charge in [0, 0.05) is 28.9 Å². The molecule has 0 radical (unpaired) electrons. The van der Waals surface area contributed by atoms with Gasteiger partial charge in [-0.2, -0.15) is 21.6 Å². The molecule has 1 saturated heterocycles. The highest BCUT2D eigenvalue weighted by Crippen LogP contribution is 2.65. The normalized spacial score (nSPS) is 18.5. The van der Waals surface area contributed by atoms with E-state index >= 15 is 0 Å². The average molecular weight is 424 g/mol. The van der Waals surface area contributed by atoms with E-state index in [0.29, 0.717) is 34.3 Å². The lowest BCUT2D eigenvalue weighted by atomic mass is 10.1. The van der Waals surface area contributed by atoms with Crippen molar-refractivity contribution in [3.63, 3.8) is 0 Å². The number of benzene rings is 2. The first-order valence-corrected chi connectivity index (χ1v) is 11.5. The van der Waals surface area contributed by atoms with Gasteiger partial charge in [0.2, 0.25) is 0 Å². The molecule has 1 aliphatic heterocycles. The van der Waals surface area contributed by atoms with E-state index in [1.165, 1.54) is 7.11 Å². The number of halogens is 3. The second-order valence-corrected chi connectivity index (χ2v) is 10.8. The Balaban J connectivity index is 2.13. The first-order valence-electron chi connectivity index (χ1n) is 8.15. The fraction of sp³-hybridized carbons (Fsp3) is 0.412. The number of rotatable bonds is 6. The molecule has 0 saturated carbocycles. The molecule has 0 amide bonds. The summed E-state index contributed by atoms with van der Waals surface area (Å²) in [5, 5.41) is 1.29. The minimum absolute atomic E-state index is 0.0142. The molecule has 0 aliphatic carbocycles. The fourth-order valence-electron chi connectivity index (χ4n) is 3.12. The molecule has 1 heterocycles. The topological polar surface area (TPSA) is 61.8 Å². The van der Waals surface area contributed by atoms with Gasteiger partial charge in [0.05, 0.1) is 0 Å². The molecule has 0 N–H and O–H groups in total. The highest BCUT2D eigenvalue weighted by molar-refractivity contribution is 8.33. The van der Waals surface area contributed by atoms with Crippen molar-refractivity contribution in [3.05, 3.63) is 36.4 Å². The third-order valence-electron chi connectivity index (χ3n) is 4.28. The van der Waals surface area contributed by atoms with Crippen LogP contribution in [0.2, 0.25) is 0 Å². The lowest BCUT2D eigenvalue weighted by molar-refractivity contribution is -0.0496. The zero-order chi connectivity index (χ0) is 19.7. The van der Waals surface area contributed by atoms with Gasteiger partial charge in [-0.05, 0) is 30.4 Å². The summed E-state index contributed by atoms with van der Waals surface area (Å²) in [7, 11) is -6.86. The number of methoxy groups -OCH3 is 1. The summed E-state index contributed by atoms with van der Waals surface area (Å²) >= 11 is 0. The molecule has 150 valence electrons. The Morgan fingerprint density at radius 1 is 1.04 bits per heavy atom. The van der Waals surface area contributed by atoms with Crippen LogP contribution in [-0.2, 0) is 18.5 Å². The predicted octanol–water partition coefficient (Wildman–Crippen LogP) is 4.56. The summed E-state index contributed by atoms with van der Waals surface area (Å²) < 4.78 is 77.8. The quantitative estimate of drug-likeness (QED) is 0.503. The van der Waals surface area contributed by atoms with Crippen molar-refractivity contribution in [2.45, 2.75) is 23.2 Å². The standard InChI is InChI=1S/C17H19F3O5S2/c1-23-12-24-15-8-9-16(14-7-3-2-6-13(14)15)26(10-4-5-11-26)25-27(21,22)17(18,19)20/h2-3,6-9H,4-5,10-12H2,1H3. The van der Waals surface area contributed by atoms with E-state index in [1.54, 1.807) is 36.4 Å². The van der Waals surface area contributed by atoms with Crippen molar-refractivity contribution in [2.24, 2.45) is 0 Å². The van der Waals surface area contributed by atoms with Gasteiger partial charge in [-0.15, -0.1) is 0 Å². The lowest BCUT2D eigenvalue weighted by Crippen LogP contribution is -2.27. The Bertz CT molecular complexity index is 922. The van der Waals surface area contributed by atoms with Crippen LogP contribution in [0, 0.1) is 0 Å². The molecule has 2 aromatic carbocycles. The minimum atomic E-state index is -5.69. The molecule has 0 aromatic heterocycles. The molecule has 10 heteroatoms. The summed E-state index contributed by atoms with van der Waals surface area (Å²) in [6, 6.07) is 10.3. The van der Waals surface area contributed by atoms with Crippen LogP contribution in [0.15, 0.2) is 41.3 Å². The summed E-state index contributed by atoms with van der Waals surface area (Å²) in [5.41, 5.74) is -5.45. The Morgan fingerprint density at radius 3 is 2.26 bits per heavy atom. The molecule has 0 atom stereocenters. The van der Waals surface area contributed by atoms with E-state index in [4.69, 9.17) is 13.1 Å². The summed E-state index contributed by atoms with van der Waals surface area (Å²) in [6.45, 7) is 0.0142. The number of alkyl halides is 3. The Labute approximate surface area is 157 Å². The van der Waals surface area contributed by atoms with Gasteiger partial charge < -0.3 is 9.47 Å². The Morgan fingerprint density at radius 2 is 1.67 bits per heavy atom. The Hall–Kier alpha value is -1.49. The Kier molecular flexibility index (Phi) is 5.62. The van der Waals surface area contributed by atoms with Crippen LogP contribution in [0.3, 0.4) is 0 Å². The second kappa shape index (κ2) is 7.50. The molecule has 1 fully saturated rings. The number of hydrogen-bond acceptors (Lipinski definition) is 5. The largest absolute Gasteiger partial charge is 0.523 e. The monoisotopic (exact) mass is 424 g/mol. The molecule has 27 heavy (non-hydrogen) atoms. The highest BCUT2D eigenvalue weighted by Gasteiger charge is 2.52. The van der Waals surface area contributed by atoms with Crippen LogP contribution < -0.4 is 4.74 Å². The van der Waals surface area contributed by atoms with Crippen molar-refractivity contribution in [1.82, 2.24) is 0 Å². The van der Waals surface area contributed by atoms with Crippen LogP contribution >= 0.6 is 10.3 Å². The molecular formula is C17H19F3O5S2. The number of fused-ring (bicyclic) bond motifs is 1. The van der Waals surface area contributed by atoms with Crippen LogP contribution in [-0.4, -0.2) is 39.3 Å². The predicted molar refractivity (Wildman–Crippen MR) is 97.3 cm³/mol.